The smallest absolute Gasteiger partial charge is 0.253 e. The molecule has 0 fully saturated rings. The number of halogens is 1. The summed E-state index contributed by atoms with van der Waals surface area (Å²) in [6.07, 6.45) is 0. The van der Waals surface area contributed by atoms with Gasteiger partial charge in [0.05, 0.1) is 11.6 Å². The summed E-state index contributed by atoms with van der Waals surface area (Å²) >= 11 is 5.83. The van der Waals surface area contributed by atoms with E-state index < -0.39 is 0 Å². The Morgan fingerprint density at radius 2 is 1.79 bits per heavy atom. The van der Waals surface area contributed by atoms with Gasteiger partial charge in [-0.3, -0.25) is 4.79 Å². The lowest BCUT2D eigenvalue weighted by Gasteiger charge is -2.15. The molecule has 3 N–H and O–H groups in total. The second-order valence-electron chi connectivity index (χ2n) is 4.33. The predicted octanol–water partition coefficient (Wildman–Crippen LogP) is 3.41. The third-order valence-corrected chi connectivity index (χ3v) is 3.17. The lowest BCUT2D eigenvalue weighted by molar-refractivity contribution is 0.0941. The largest absolute Gasteiger partial charge is 0.398 e. The molecule has 2 aromatic carbocycles. The van der Waals surface area contributed by atoms with E-state index in [-0.39, 0.29) is 11.9 Å². The van der Waals surface area contributed by atoms with E-state index in [0.717, 1.165) is 5.56 Å². The number of nitrogens with one attached hydrogen (secondary N) is 1. The molecule has 0 saturated carbocycles. The van der Waals surface area contributed by atoms with Crippen LogP contribution in [0.2, 0.25) is 5.02 Å². The molecule has 2 aromatic rings. The third kappa shape index (κ3) is 3.26. The average Bonchev–Trinajstić information content (AvgIpc) is 2.39. The summed E-state index contributed by atoms with van der Waals surface area (Å²) in [6.45, 7) is 1.92. The van der Waals surface area contributed by atoms with Gasteiger partial charge in [-0.05, 0) is 36.8 Å². The maximum absolute atomic E-state index is 12.1. The Bertz CT molecular complexity index is 581. The minimum Gasteiger partial charge on any atom is -0.398 e. The van der Waals surface area contributed by atoms with Crippen LogP contribution >= 0.6 is 11.6 Å². The third-order valence-electron chi connectivity index (χ3n) is 2.92. The number of hydrogen-bond acceptors (Lipinski definition) is 2. The number of hydrogen-bond donors (Lipinski definition) is 2. The Labute approximate surface area is 117 Å². The summed E-state index contributed by atoms with van der Waals surface area (Å²) in [5, 5.41) is 3.59. The summed E-state index contributed by atoms with van der Waals surface area (Å²) in [5.41, 5.74) is 7.73. The predicted molar refractivity (Wildman–Crippen MR) is 78.2 cm³/mol. The van der Waals surface area contributed by atoms with Gasteiger partial charge < -0.3 is 11.1 Å². The van der Waals surface area contributed by atoms with E-state index in [1.165, 1.54) is 0 Å². The summed E-state index contributed by atoms with van der Waals surface area (Å²) < 4.78 is 0. The van der Waals surface area contributed by atoms with Crippen molar-refractivity contribution in [2.45, 2.75) is 13.0 Å². The second-order valence-corrected chi connectivity index (χ2v) is 4.77. The highest BCUT2D eigenvalue weighted by atomic mass is 35.5. The van der Waals surface area contributed by atoms with E-state index in [2.05, 4.69) is 5.32 Å². The minimum absolute atomic E-state index is 0.107. The Kier molecular flexibility index (Phi) is 4.07. The summed E-state index contributed by atoms with van der Waals surface area (Å²) in [4.78, 5) is 12.1. The van der Waals surface area contributed by atoms with Gasteiger partial charge in [-0.2, -0.15) is 0 Å². The average molecular weight is 275 g/mol. The standard InChI is InChI=1S/C15H15ClN2O/c1-10(11-6-8-12(16)9-7-11)18-15(19)13-4-2-3-5-14(13)17/h2-10H,17H2,1H3,(H,18,19). The van der Waals surface area contributed by atoms with Gasteiger partial charge in [0, 0.05) is 10.7 Å². The van der Waals surface area contributed by atoms with Crippen LogP contribution in [0.25, 0.3) is 0 Å². The Hall–Kier alpha value is -2.00. The molecule has 0 saturated heterocycles. The zero-order valence-corrected chi connectivity index (χ0v) is 11.3. The Morgan fingerprint density at radius 1 is 1.16 bits per heavy atom. The highest BCUT2D eigenvalue weighted by molar-refractivity contribution is 6.30. The zero-order valence-electron chi connectivity index (χ0n) is 10.6. The maximum atomic E-state index is 12.1. The van der Waals surface area contributed by atoms with E-state index in [1.54, 1.807) is 36.4 Å². The molecule has 0 radical (unpaired) electrons. The molecule has 0 aromatic heterocycles. The van der Waals surface area contributed by atoms with Gasteiger partial charge in [0.2, 0.25) is 0 Å². The first-order chi connectivity index (χ1) is 9.08. The topological polar surface area (TPSA) is 55.1 Å². The molecule has 0 spiro atoms. The van der Waals surface area contributed by atoms with Crippen molar-refractivity contribution in [2.75, 3.05) is 5.73 Å². The number of carbonyl (C=O) groups excluding carboxylic acids is 1. The van der Waals surface area contributed by atoms with Gasteiger partial charge in [-0.15, -0.1) is 0 Å². The summed E-state index contributed by atoms with van der Waals surface area (Å²) in [6, 6.07) is 14.3. The lowest BCUT2D eigenvalue weighted by atomic mass is 10.1. The van der Waals surface area contributed by atoms with Gasteiger partial charge in [0.25, 0.3) is 5.91 Å². The van der Waals surface area contributed by atoms with E-state index >= 15 is 0 Å². The second kappa shape index (κ2) is 5.76. The van der Waals surface area contributed by atoms with Crippen molar-refractivity contribution in [3.8, 4) is 0 Å². The lowest BCUT2D eigenvalue weighted by Crippen LogP contribution is -2.27. The van der Waals surface area contributed by atoms with Gasteiger partial charge in [-0.1, -0.05) is 35.9 Å². The fraction of sp³-hybridized carbons (Fsp3) is 0.133. The fourth-order valence-electron chi connectivity index (χ4n) is 1.81. The number of carbonyl (C=O) groups is 1. The highest BCUT2D eigenvalue weighted by Gasteiger charge is 2.13. The van der Waals surface area contributed by atoms with Crippen LogP contribution in [0.4, 0.5) is 5.69 Å². The number of rotatable bonds is 3. The zero-order chi connectivity index (χ0) is 13.8. The maximum Gasteiger partial charge on any atom is 0.253 e. The monoisotopic (exact) mass is 274 g/mol. The van der Waals surface area contributed by atoms with E-state index in [1.807, 2.05) is 19.1 Å². The first-order valence-corrected chi connectivity index (χ1v) is 6.36. The molecule has 1 atom stereocenters. The molecule has 0 aliphatic rings. The molecule has 1 amide bonds. The van der Waals surface area contributed by atoms with Crippen molar-refractivity contribution in [2.24, 2.45) is 0 Å². The normalized spacial score (nSPS) is 11.9. The molecule has 3 nitrogen and oxygen atoms in total. The molecule has 0 aliphatic carbocycles. The molecule has 98 valence electrons. The van der Waals surface area contributed by atoms with Crippen molar-refractivity contribution in [3.63, 3.8) is 0 Å². The molecule has 4 heteroatoms. The van der Waals surface area contributed by atoms with Crippen molar-refractivity contribution in [1.82, 2.24) is 5.32 Å². The van der Waals surface area contributed by atoms with E-state index in [4.69, 9.17) is 17.3 Å². The number of benzene rings is 2. The van der Waals surface area contributed by atoms with Crippen molar-refractivity contribution < 1.29 is 4.79 Å². The first-order valence-electron chi connectivity index (χ1n) is 5.99. The molecule has 2 rings (SSSR count). The Balaban J connectivity index is 2.11. The molecule has 1 unspecified atom stereocenters. The molecule has 0 bridgehead atoms. The van der Waals surface area contributed by atoms with Gasteiger partial charge in [0.1, 0.15) is 0 Å². The van der Waals surface area contributed by atoms with Crippen molar-refractivity contribution >= 4 is 23.2 Å². The van der Waals surface area contributed by atoms with E-state index in [0.29, 0.717) is 16.3 Å². The van der Waals surface area contributed by atoms with Crippen LogP contribution in [-0.2, 0) is 0 Å². The van der Waals surface area contributed by atoms with Crippen LogP contribution in [0.15, 0.2) is 48.5 Å². The Morgan fingerprint density at radius 3 is 2.42 bits per heavy atom. The number of para-hydroxylation sites is 1. The minimum atomic E-state index is -0.180. The van der Waals surface area contributed by atoms with Crippen LogP contribution in [0, 0.1) is 0 Å². The number of anilines is 1. The van der Waals surface area contributed by atoms with Crippen LogP contribution in [0.3, 0.4) is 0 Å². The van der Waals surface area contributed by atoms with Crippen LogP contribution < -0.4 is 11.1 Å². The first kappa shape index (κ1) is 13.4. The quantitative estimate of drug-likeness (QED) is 0.843. The van der Waals surface area contributed by atoms with Gasteiger partial charge in [-0.25, -0.2) is 0 Å². The SMILES string of the molecule is CC(NC(=O)c1ccccc1N)c1ccc(Cl)cc1. The van der Waals surface area contributed by atoms with Crippen LogP contribution in [0.5, 0.6) is 0 Å². The van der Waals surface area contributed by atoms with Gasteiger partial charge >= 0.3 is 0 Å². The fourth-order valence-corrected chi connectivity index (χ4v) is 1.94. The van der Waals surface area contributed by atoms with Crippen LogP contribution in [0.1, 0.15) is 28.9 Å². The molecule has 0 heterocycles. The molecular weight excluding hydrogens is 260 g/mol. The van der Waals surface area contributed by atoms with Crippen molar-refractivity contribution in [3.05, 3.63) is 64.7 Å². The molecule has 19 heavy (non-hydrogen) atoms. The summed E-state index contributed by atoms with van der Waals surface area (Å²) in [7, 11) is 0. The highest BCUT2D eigenvalue weighted by Crippen LogP contribution is 2.17. The number of amides is 1. The van der Waals surface area contributed by atoms with Crippen molar-refractivity contribution in [1.29, 1.82) is 0 Å². The number of nitrogen functional groups attached to an aromatic ring is 1. The summed E-state index contributed by atoms with van der Waals surface area (Å²) in [5.74, 6) is -0.180. The molecular formula is C15H15ClN2O. The van der Waals surface area contributed by atoms with E-state index in [9.17, 15) is 4.79 Å². The van der Waals surface area contributed by atoms with Gasteiger partial charge in [0.15, 0.2) is 0 Å². The molecule has 0 aliphatic heterocycles. The van der Waals surface area contributed by atoms with Crippen LogP contribution in [-0.4, -0.2) is 5.91 Å². The number of nitrogens with two attached hydrogens (primary N) is 1.